The van der Waals surface area contributed by atoms with Crippen LogP contribution in [0.25, 0.3) is 0 Å². The molecule has 0 aromatic carbocycles. The van der Waals surface area contributed by atoms with E-state index in [2.05, 4.69) is 4.98 Å². The van der Waals surface area contributed by atoms with Crippen molar-refractivity contribution < 1.29 is 15.0 Å². The number of thiazole rings is 1. The zero-order valence-corrected chi connectivity index (χ0v) is 9.72. The number of thioether (sulfide) groups is 1. The van der Waals surface area contributed by atoms with Crippen molar-refractivity contribution in [2.75, 3.05) is 11.5 Å². The first-order chi connectivity index (χ1) is 7.00. The third kappa shape index (κ3) is 3.78. The summed E-state index contributed by atoms with van der Waals surface area (Å²) in [6, 6.07) is 0. The number of nitrogen functional groups attached to an aromatic ring is 1. The largest absolute Gasteiger partial charge is 0.389 e. The number of nitrogens with two attached hydrogens (primary N) is 1. The lowest BCUT2D eigenvalue weighted by Crippen LogP contribution is -2.20. The minimum absolute atomic E-state index is 0.0925. The maximum Gasteiger partial charge on any atom is 0.185 e. The summed E-state index contributed by atoms with van der Waals surface area (Å²) < 4.78 is 0. The van der Waals surface area contributed by atoms with E-state index in [4.69, 9.17) is 5.73 Å². The third-order valence-corrected chi connectivity index (χ3v) is 3.47. The van der Waals surface area contributed by atoms with Crippen molar-refractivity contribution in [1.29, 1.82) is 0 Å². The van der Waals surface area contributed by atoms with Crippen LogP contribution in [0.2, 0.25) is 0 Å². The van der Waals surface area contributed by atoms with Gasteiger partial charge in [-0.25, -0.2) is 4.98 Å². The minimum atomic E-state index is -1.04. The number of hydrogen-bond donors (Lipinski definition) is 3. The highest BCUT2D eigenvalue weighted by Gasteiger charge is 2.21. The van der Waals surface area contributed by atoms with E-state index in [1.54, 1.807) is 0 Å². The van der Waals surface area contributed by atoms with Crippen molar-refractivity contribution in [2.45, 2.75) is 19.1 Å². The first-order valence-corrected chi connectivity index (χ1v) is 6.01. The Hall–Kier alpha value is -0.630. The van der Waals surface area contributed by atoms with Crippen LogP contribution >= 0.6 is 23.1 Å². The summed E-state index contributed by atoms with van der Waals surface area (Å²) in [5, 5.41) is 19.5. The second-order valence-corrected chi connectivity index (χ2v) is 5.21. The second kappa shape index (κ2) is 5.45. The quantitative estimate of drug-likeness (QED) is 0.713. The number of nitrogens with zero attached hydrogens (tertiary/aromatic N) is 1. The molecular formula is C8H12N2O3S2. The summed E-state index contributed by atoms with van der Waals surface area (Å²) in [5.74, 6) is 0.161. The Morgan fingerprint density at radius 3 is 2.87 bits per heavy atom. The molecule has 1 aromatic heterocycles. The Balaban J connectivity index is 2.52. The Morgan fingerprint density at radius 2 is 2.40 bits per heavy atom. The zero-order chi connectivity index (χ0) is 11.4. The monoisotopic (exact) mass is 248 g/mol. The summed E-state index contributed by atoms with van der Waals surface area (Å²) in [6.07, 6.45) is -0.600. The number of rotatable bonds is 4. The van der Waals surface area contributed by atoms with Gasteiger partial charge in [0.2, 0.25) is 0 Å². The van der Waals surface area contributed by atoms with E-state index in [0.717, 1.165) is 23.1 Å². The fraction of sp³-hybridized carbons (Fsp3) is 0.500. The van der Waals surface area contributed by atoms with Crippen LogP contribution in [-0.2, 0) is 4.79 Å². The molecule has 0 aliphatic carbocycles. The molecular weight excluding hydrogens is 236 g/mol. The summed E-state index contributed by atoms with van der Waals surface area (Å²) in [6.45, 7) is 1.41. The topological polar surface area (TPSA) is 96.4 Å². The summed E-state index contributed by atoms with van der Waals surface area (Å²) in [4.78, 5) is 14.9. The lowest BCUT2D eigenvalue weighted by Gasteiger charge is -2.14. The smallest absolute Gasteiger partial charge is 0.185 e. The molecule has 0 radical (unpaired) electrons. The summed E-state index contributed by atoms with van der Waals surface area (Å²) in [5.41, 5.74) is 5.39. The van der Waals surface area contributed by atoms with Gasteiger partial charge in [0.1, 0.15) is 6.10 Å². The molecule has 84 valence electrons. The van der Waals surface area contributed by atoms with Gasteiger partial charge < -0.3 is 15.9 Å². The number of anilines is 1. The van der Waals surface area contributed by atoms with Crippen molar-refractivity contribution >= 4 is 33.3 Å². The number of hydrogen-bond acceptors (Lipinski definition) is 7. The fourth-order valence-corrected chi connectivity index (χ4v) is 2.24. The van der Waals surface area contributed by atoms with E-state index in [9.17, 15) is 15.0 Å². The van der Waals surface area contributed by atoms with Crippen molar-refractivity contribution in [3.63, 3.8) is 0 Å². The highest BCUT2D eigenvalue weighted by atomic mass is 32.2. The molecule has 7 heteroatoms. The van der Waals surface area contributed by atoms with Gasteiger partial charge in [-0.3, -0.25) is 4.79 Å². The average molecular weight is 248 g/mol. The van der Waals surface area contributed by atoms with Gasteiger partial charge in [-0.2, -0.15) is 0 Å². The van der Waals surface area contributed by atoms with E-state index in [1.165, 1.54) is 13.1 Å². The van der Waals surface area contributed by atoms with Gasteiger partial charge in [-0.1, -0.05) is 23.1 Å². The van der Waals surface area contributed by atoms with Gasteiger partial charge in [0.15, 0.2) is 10.2 Å². The Kier molecular flexibility index (Phi) is 4.52. The minimum Gasteiger partial charge on any atom is -0.389 e. The van der Waals surface area contributed by atoms with E-state index >= 15 is 0 Å². The summed E-state index contributed by atoms with van der Waals surface area (Å²) >= 11 is 2.09. The standard InChI is InChI=1S/C8H12N2O3S2/c1-4(11)14-3-5(12)7(13)6-2-10-8(9)15-6/h2,5,7,12-13H,3H2,1H3,(H2,9,10). The molecule has 1 aromatic rings. The van der Waals surface area contributed by atoms with Crippen molar-refractivity contribution in [1.82, 2.24) is 4.98 Å². The average Bonchev–Trinajstić information content (AvgIpc) is 2.60. The molecule has 0 bridgehead atoms. The zero-order valence-electron chi connectivity index (χ0n) is 8.08. The van der Waals surface area contributed by atoms with Crippen LogP contribution < -0.4 is 5.73 Å². The molecule has 5 nitrogen and oxygen atoms in total. The van der Waals surface area contributed by atoms with Crippen LogP contribution in [0, 0.1) is 0 Å². The summed E-state index contributed by atoms with van der Waals surface area (Å²) in [7, 11) is 0. The van der Waals surface area contributed by atoms with Crippen molar-refractivity contribution in [2.24, 2.45) is 0 Å². The molecule has 15 heavy (non-hydrogen) atoms. The van der Waals surface area contributed by atoms with Gasteiger partial charge in [-0.15, -0.1) is 0 Å². The molecule has 4 N–H and O–H groups in total. The van der Waals surface area contributed by atoms with Crippen molar-refractivity contribution in [3.05, 3.63) is 11.1 Å². The lowest BCUT2D eigenvalue weighted by atomic mass is 10.2. The number of carbonyl (C=O) groups is 1. The van der Waals surface area contributed by atoms with Crippen LogP contribution in [0.15, 0.2) is 6.20 Å². The first kappa shape index (κ1) is 12.4. The molecule has 0 fully saturated rings. The predicted molar refractivity (Wildman–Crippen MR) is 60.6 cm³/mol. The Morgan fingerprint density at radius 1 is 1.73 bits per heavy atom. The van der Waals surface area contributed by atoms with E-state index < -0.39 is 12.2 Å². The second-order valence-electron chi connectivity index (χ2n) is 2.92. The first-order valence-electron chi connectivity index (χ1n) is 4.21. The number of aliphatic hydroxyl groups is 2. The Labute approximate surface area is 95.3 Å². The van der Waals surface area contributed by atoms with Crippen LogP contribution in [0.5, 0.6) is 0 Å². The predicted octanol–water partition coefficient (Wildman–Crippen LogP) is 0.399. The molecule has 0 saturated heterocycles. The molecule has 0 amide bonds. The molecule has 0 saturated carbocycles. The van der Waals surface area contributed by atoms with Crippen LogP contribution in [-0.4, -0.2) is 32.2 Å². The SMILES string of the molecule is CC(=O)SCC(O)C(O)c1cnc(N)s1. The molecule has 1 rings (SSSR count). The van der Waals surface area contributed by atoms with Gasteiger partial charge in [0.25, 0.3) is 0 Å². The van der Waals surface area contributed by atoms with Gasteiger partial charge in [-0.05, 0) is 0 Å². The number of carbonyl (C=O) groups excluding carboxylic acids is 1. The maximum absolute atomic E-state index is 10.7. The molecule has 1 heterocycles. The molecule has 0 aliphatic rings. The highest BCUT2D eigenvalue weighted by molar-refractivity contribution is 8.13. The van der Waals surface area contributed by atoms with E-state index in [-0.39, 0.29) is 10.9 Å². The normalized spacial score (nSPS) is 14.9. The number of aromatic nitrogens is 1. The van der Waals surface area contributed by atoms with Crippen LogP contribution in [0.4, 0.5) is 5.13 Å². The molecule has 2 unspecified atom stereocenters. The van der Waals surface area contributed by atoms with E-state index in [0.29, 0.717) is 10.0 Å². The van der Waals surface area contributed by atoms with Gasteiger partial charge >= 0.3 is 0 Å². The molecule has 2 atom stereocenters. The highest BCUT2D eigenvalue weighted by Crippen LogP contribution is 2.26. The Bertz CT molecular complexity index is 342. The third-order valence-electron chi connectivity index (χ3n) is 1.65. The van der Waals surface area contributed by atoms with Gasteiger partial charge in [0.05, 0.1) is 11.0 Å². The van der Waals surface area contributed by atoms with Crippen LogP contribution in [0.3, 0.4) is 0 Å². The van der Waals surface area contributed by atoms with Gasteiger partial charge in [0, 0.05) is 18.9 Å². The molecule has 0 spiro atoms. The lowest BCUT2D eigenvalue weighted by molar-refractivity contribution is -0.109. The fourth-order valence-electron chi connectivity index (χ4n) is 0.921. The maximum atomic E-state index is 10.7. The van der Waals surface area contributed by atoms with E-state index in [1.807, 2.05) is 0 Å². The molecule has 0 aliphatic heterocycles. The van der Waals surface area contributed by atoms with Crippen LogP contribution in [0.1, 0.15) is 17.9 Å². The van der Waals surface area contributed by atoms with Crippen molar-refractivity contribution in [3.8, 4) is 0 Å². The number of aliphatic hydroxyl groups excluding tert-OH is 2.